The molecule has 0 unspecified atom stereocenters. The largest absolute Gasteiger partial charge is 0.476 e. The standard InChI is InChI=1S/C13H19N5O2S/c1-5-8(6-2)10-9(12(19)20)14-17-18(10)13-16-15-11(21-13)7(3)4/h7-8H,5-6H2,1-4H3,(H,19,20). The Balaban J connectivity index is 2.54. The van der Waals surface area contributed by atoms with Gasteiger partial charge in [0.25, 0.3) is 0 Å². The van der Waals surface area contributed by atoms with Crippen molar-refractivity contribution in [2.45, 2.75) is 52.4 Å². The number of rotatable bonds is 6. The van der Waals surface area contributed by atoms with Gasteiger partial charge in [0.05, 0.1) is 5.69 Å². The average Bonchev–Trinajstić information content (AvgIpc) is 3.06. The van der Waals surface area contributed by atoms with Crippen LogP contribution in [-0.2, 0) is 0 Å². The molecule has 7 nitrogen and oxygen atoms in total. The molecule has 2 heterocycles. The summed E-state index contributed by atoms with van der Waals surface area (Å²) in [5, 5.41) is 26.8. The summed E-state index contributed by atoms with van der Waals surface area (Å²) in [5.41, 5.74) is 0.615. The number of carboxylic acids is 1. The molecule has 8 heteroatoms. The van der Waals surface area contributed by atoms with Gasteiger partial charge in [-0.15, -0.1) is 15.3 Å². The van der Waals surface area contributed by atoms with Crippen molar-refractivity contribution < 1.29 is 9.90 Å². The summed E-state index contributed by atoms with van der Waals surface area (Å²) in [6.07, 6.45) is 1.64. The highest BCUT2D eigenvalue weighted by Crippen LogP contribution is 2.29. The number of hydrogen-bond donors (Lipinski definition) is 1. The van der Waals surface area contributed by atoms with E-state index < -0.39 is 5.97 Å². The molecule has 1 N–H and O–H groups in total. The van der Waals surface area contributed by atoms with Crippen molar-refractivity contribution in [3.05, 3.63) is 16.4 Å². The van der Waals surface area contributed by atoms with Crippen LogP contribution in [0, 0.1) is 0 Å². The first kappa shape index (κ1) is 15.6. The van der Waals surface area contributed by atoms with E-state index in [0.717, 1.165) is 17.8 Å². The van der Waals surface area contributed by atoms with Gasteiger partial charge in [-0.1, -0.05) is 44.2 Å². The number of aromatic nitrogens is 5. The van der Waals surface area contributed by atoms with E-state index in [1.165, 1.54) is 16.0 Å². The number of aromatic carboxylic acids is 1. The maximum absolute atomic E-state index is 11.4. The van der Waals surface area contributed by atoms with Crippen LogP contribution >= 0.6 is 11.3 Å². The maximum atomic E-state index is 11.4. The molecule has 0 amide bonds. The van der Waals surface area contributed by atoms with Gasteiger partial charge in [-0.2, -0.15) is 4.68 Å². The molecular weight excluding hydrogens is 290 g/mol. The van der Waals surface area contributed by atoms with E-state index in [1.54, 1.807) is 0 Å². The first-order valence-corrected chi connectivity index (χ1v) is 7.83. The van der Waals surface area contributed by atoms with Crippen LogP contribution in [0.2, 0.25) is 0 Å². The van der Waals surface area contributed by atoms with E-state index in [0.29, 0.717) is 10.8 Å². The zero-order valence-corrected chi connectivity index (χ0v) is 13.4. The lowest BCUT2D eigenvalue weighted by atomic mass is 9.97. The van der Waals surface area contributed by atoms with E-state index in [4.69, 9.17) is 0 Å². The molecule has 0 aromatic carbocycles. The number of carbonyl (C=O) groups is 1. The van der Waals surface area contributed by atoms with Crippen LogP contribution in [-0.4, -0.2) is 36.3 Å². The van der Waals surface area contributed by atoms with Crippen molar-refractivity contribution in [3.8, 4) is 5.13 Å². The Labute approximate surface area is 127 Å². The van der Waals surface area contributed by atoms with Crippen LogP contribution in [0.1, 0.15) is 73.6 Å². The molecule has 2 aromatic rings. The van der Waals surface area contributed by atoms with Crippen molar-refractivity contribution in [1.29, 1.82) is 0 Å². The lowest BCUT2D eigenvalue weighted by Gasteiger charge is -2.13. The van der Waals surface area contributed by atoms with Crippen molar-refractivity contribution in [1.82, 2.24) is 25.2 Å². The van der Waals surface area contributed by atoms with Crippen LogP contribution in [0.5, 0.6) is 0 Å². The minimum Gasteiger partial charge on any atom is -0.476 e. The van der Waals surface area contributed by atoms with Gasteiger partial charge in [-0.3, -0.25) is 0 Å². The summed E-state index contributed by atoms with van der Waals surface area (Å²) < 4.78 is 1.53. The number of hydrogen-bond acceptors (Lipinski definition) is 6. The van der Waals surface area contributed by atoms with Crippen molar-refractivity contribution >= 4 is 17.3 Å². The summed E-state index contributed by atoms with van der Waals surface area (Å²) >= 11 is 1.42. The highest BCUT2D eigenvalue weighted by atomic mass is 32.1. The van der Waals surface area contributed by atoms with Crippen molar-refractivity contribution in [2.75, 3.05) is 0 Å². The molecule has 0 fully saturated rings. The molecule has 114 valence electrons. The Bertz CT molecular complexity index is 630. The molecule has 21 heavy (non-hydrogen) atoms. The van der Waals surface area contributed by atoms with E-state index in [2.05, 4.69) is 20.5 Å². The van der Waals surface area contributed by atoms with Gasteiger partial charge >= 0.3 is 5.97 Å². The molecule has 0 spiro atoms. The fraction of sp³-hybridized carbons (Fsp3) is 0.615. The molecule has 0 bridgehead atoms. The first-order valence-electron chi connectivity index (χ1n) is 7.02. The van der Waals surface area contributed by atoms with Crippen LogP contribution in [0.4, 0.5) is 0 Å². The molecule has 2 aromatic heterocycles. The highest BCUT2D eigenvalue weighted by molar-refractivity contribution is 7.13. The van der Waals surface area contributed by atoms with Crippen LogP contribution in [0.3, 0.4) is 0 Å². The van der Waals surface area contributed by atoms with Gasteiger partial charge in [-0.05, 0) is 12.8 Å². The normalized spacial score (nSPS) is 11.5. The van der Waals surface area contributed by atoms with E-state index in [9.17, 15) is 9.90 Å². The van der Waals surface area contributed by atoms with Crippen molar-refractivity contribution in [2.24, 2.45) is 0 Å². The fourth-order valence-corrected chi connectivity index (χ4v) is 2.98. The number of nitrogens with zero attached hydrogens (tertiary/aromatic N) is 5. The van der Waals surface area contributed by atoms with Gasteiger partial charge in [0, 0.05) is 11.8 Å². The third-order valence-electron chi connectivity index (χ3n) is 3.38. The summed E-state index contributed by atoms with van der Waals surface area (Å²) in [4.78, 5) is 11.4. The predicted molar refractivity (Wildman–Crippen MR) is 79.2 cm³/mol. The molecule has 0 aliphatic rings. The van der Waals surface area contributed by atoms with Gasteiger partial charge in [0.1, 0.15) is 5.01 Å². The van der Waals surface area contributed by atoms with Gasteiger partial charge in [0.2, 0.25) is 5.13 Å². The van der Waals surface area contributed by atoms with Crippen LogP contribution < -0.4 is 0 Å². The SMILES string of the molecule is CCC(CC)c1c(C(=O)O)nnn1-c1nnc(C(C)C)s1. The molecule has 0 aliphatic carbocycles. The average molecular weight is 309 g/mol. The summed E-state index contributed by atoms with van der Waals surface area (Å²) in [5.74, 6) is -0.704. The summed E-state index contributed by atoms with van der Waals surface area (Å²) in [6, 6.07) is 0. The highest BCUT2D eigenvalue weighted by Gasteiger charge is 2.27. The second-order valence-corrected chi connectivity index (χ2v) is 6.12. The van der Waals surface area contributed by atoms with Crippen LogP contribution in [0.25, 0.3) is 5.13 Å². The first-order chi connectivity index (χ1) is 9.99. The predicted octanol–water partition coefficient (Wildman–Crippen LogP) is 2.84. The minimum atomic E-state index is -1.06. The molecule has 0 saturated carbocycles. The summed E-state index contributed by atoms with van der Waals surface area (Å²) in [7, 11) is 0. The lowest BCUT2D eigenvalue weighted by Crippen LogP contribution is -2.11. The molecule has 0 aliphatic heterocycles. The third kappa shape index (κ3) is 2.94. The Hall–Kier alpha value is -1.83. The molecule has 0 saturated heterocycles. The number of carboxylic acid groups (broad SMARTS) is 1. The second-order valence-electron chi connectivity index (χ2n) is 5.13. The quantitative estimate of drug-likeness (QED) is 0.881. The summed E-state index contributed by atoms with van der Waals surface area (Å²) in [6.45, 7) is 8.12. The fourth-order valence-electron chi connectivity index (χ4n) is 2.17. The Morgan fingerprint density at radius 2 is 1.90 bits per heavy atom. The smallest absolute Gasteiger partial charge is 0.358 e. The van der Waals surface area contributed by atoms with Crippen LogP contribution in [0.15, 0.2) is 0 Å². The molecule has 2 rings (SSSR count). The zero-order valence-electron chi connectivity index (χ0n) is 12.6. The van der Waals surface area contributed by atoms with E-state index in [-0.39, 0.29) is 17.5 Å². The monoisotopic (exact) mass is 309 g/mol. The second kappa shape index (κ2) is 6.30. The molecular formula is C13H19N5O2S. The minimum absolute atomic E-state index is 0.00463. The Morgan fingerprint density at radius 3 is 2.38 bits per heavy atom. The third-order valence-corrected chi connectivity index (χ3v) is 4.58. The van der Waals surface area contributed by atoms with Gasteiger partial charge < -0.3 is 5.11 Å². The van der Waals surface area contributed by atoms with Gasteiger partial charge in [-0.25, -0.2) is 4.79 Å². The van der Waals surface area contributed by atoms with Gasteiger partial charge in [0.15, 0.2) is 5.69 Å². The van der Waals surface area contributed by atoms with Crippen molar-refractivity contribution in [3.63, 3.8) is 0 Å². The molecule has 0 radical (unpaired) electrons. The Morgan fingerprint density at radius 1 is 1.24 bits per heavy atom. The van der Waals surface area contributed by atoms with E-state index in [1.807, 2.05) is 27.7 Å². The Kier molecular flexibility index (Phi) is 4.66. The lowest BCUT2D eigenvalue weighted by molar-refractivity contribution is 0.0688. The maximum Gasteiger partial charge on any atom is 0.358 e. The topological polar surface area (TPSA) is 93.8 Å². The molecule has 0 atom stereocenters. The zero-order chi connectivity index (χ0) is 15.6. The van der Waals surface area contributed by atoms with E-state index >= 15 is 0 Å².